The second kappa shape index (κ2) is 7.41. The van der Waals surface area contributed by atoms with Crippen LogP contribution >= 0.6 is 35.6 Å². The first-order valence-corrected chi connectivity index (χ1v) is 9.04. The van der Waals surface area contributed by atoms with Crippen LogP contribution in [0, 0.1) is 11.3 Å². The molecule has 1 aliphatic carbocycles. The highest BCUT2D eigenvalue weighted by Gasteiger charge is 2.58. The van der Waals surface area contributed by atoms with Crippen molar-refractivity contribution in [2.24, 2.45) is 11.3 Å². The fourth-order valence-electron chi connectivity index (χ4n) is 3.80. The average molecular weight is 392 g/mol. The van der Waals surface area contributed by atoms with Crippen molar-refractivity contribution < 1.29 is 4.79 Å². The highest BCUT2D eigenvalue weighted by molar-refractivity contribution is 6.35. The minimum Gasteiger partial charge on any atom is -0.351 e. The Kier molecular flexibility index (Phi) is 6.12. The van der Waals surface area contributed by atoms with Gasteiger partial charge in [-0.25, -0.2) is 0 Å². The van der Waals surface area contributed by atoms with Crippen LogP contribution in [0.2, 0.25) is 10.0 Å². The number of halogens is 3. The first-order valence-electron chi connectivity index (χ1n) is 8.28. The maximum absolute atomic E-state index is 12.6. The van der Waals surface area contributed by atoms with Crippen LogP contribution in [0.1, 0.15) is 38.7 Å². The maximum atomic E-state index is 12.6. The van der Waals surface area contributed by atoms with Crippen LogP contribution in [0.3, 0.4) is 0 Å². The normalized spacial score (nSPS) is 21.9. The van der Waals surface area contributed by atoms with Crippen molar-refractivity contribution in [2.45, 2.75) is 45.1 Å². The second-order valence-electron chi connectivity index (χ2n) is 7.65. The van der Waals surface area contributed by atoms with Crippen LogP contribution in [0.5, 0.6) is 0 Å². The number of hydrogen-bond donors (Lipinski definition) is 2. The van der Waals surface area contributed by atoms with Crippen LogP contribution in [-0.2, 0) is 11.2 Å². The molecule has 2 aliphatic rings. The van der Waals surface area contributed by atoms with Crippen molar-refractivity contribution in [3.05, 3.63) is 33.8 Å². The van der Waals surface area contributed by atoms with E-state index >= 15 is 0 Å². The van der Waals surface area contributed by atoms with Gasteiger partial charge in [-0.15, -0.1) is 12.4 Å². The predicted octanol–water partition coefficient (Wildman–Crippen LogP) is 4.24. The summed E-state index contributed by atoms with van der Waals surface area (Å²) >= 11 is 12.2. The van der Waals surface area contributed by atoms with Crippen LogP contribution in [0.25, 0.3) is 0 Å². The van der Waals surface area contributed by atoms with Crippen molar-refractivity contribution in [1.82, 2.24) is 10.6 Å². The molecule has 134 valence electrons. The summed E-state index contributed by atoms with van der Waals surface area (Å²) in [7, 11) is 0. The van der Waals surface area contributed by atoms with Crippen molar-refractivity contribution in [3.8, 4) is 0 Å². The Morgan fingerprint density at radius 2 is 2.00 bits per heavy atom. The number of rotatable bonds is 4. The zero-order chi connectivity index (χ0) is 16.7. The number of hydrogen-bond acceptors (Lipinski definition) is 2. The summed E-state index contributed by atoms with van der Waals surface area (Å²) in [6.45, 7) is 6.17. The van der Waals surface area contributed by atoms with E-state index < -0.39 is 0 Å². The Labute approximate surface area is 160 Å². The quantitative estimate of drug-likeness (QED) is 0.806. The third kappa shape index (κ3) is 4.37. The van der Waals surface area contributed by atoms with E-state index in [1.165, 1.54) is 0 Å². The SMILES string of the molecule is CC(C)(Cc1ccc(Cl)cc1Cl)NC(=O)C1CC12CCNCC2.Cl. The van der Waals surface area contributed by atoms with Gasteiger partial charge >= 0.3 is 0 Å². The summed E-state index contributed by atoms with van der Waals surface area (Å²) in [4.78, 5) is 12.6. The van der Waals surface area contributed by atoms with Gasteiger partial charge in [0.1, 0.15) is 0 Å². The molecule has 1 aromatic carbocycles. The van der Waals surface area contributed by atoms with Crippen molar-refractivity contribution in [3.63, 3.8) is 0 Å². The van der Waals surface area contributed by atoms with Gasteiger partial charge in [0, 0.05) is 21.5 Å². The summed E-state index contributed by atoms with van der Waals surface area (Å²) in [6, 6.07) is 5.52. The third-order valence-electron chi connectivity index (χ3n) is 5.21. The number of nitrogens with one attached hydrogen (secondary N) is 2. The smallest absolute Gasteiger partial charge is 0.224 e. The number of benzene rings is 1. The molecular weight excluding hydrogens is 367 g/mol. The van der Waals surface area contributed by atoms with Crippen LogP contribution in [0.4, 0.5) is 0 Å². The van der Waals surface area contributed by atoms with Gasteiger partial charge in [0.2, 0.25) is 5.91 Å². The Morgan fingerprint density at radius 3 is 2.62 bits per heavy atom. The van der Waals surface area contributed by atoms with Gasteiger partial charge < -0.3 is 10.6 Å². The summed E-state index contributed by atoms with van der Waals surface area (Å²) in [5, 5.41) is 7.89. The number of carbonyl (C=O) groups excluding carboxylic acids is 1. The lowest BCUT2D eigenvalue weighted by atomic mass is 9.90. The molecule has 0 bridgehead atoms. The van der Waals surface area contributed by atoms with Gasteiger partial charge in [0.25, 0.3) is 0 Å². The topological polar surface area (TPSA) is 41.1 Å². The van der Waals surface area contributed by atoms with Crippen LogP contribution in [0.15, 0.2) is 18.2 Å². The molecule has 1 aromatic rings. The lowest BCUT2D eigenvalue weighted by Crippen LogP contribution is -2.46. The highest BCUT2D eigenvalue weighted by Crippen LogP contribution is 2.58. The minimum atomic E-state index is -0.328. The fraction of sp³-hybridized carbons (Fsp3) is 0.611. The first-order chi connectivity index (χ1) is 10.8. The molecule has 3 rings (SSSR count). The van der Waals surface area contributed by atoms with E-state index in [2.05, 4.69) is 10.6 Å². The number of piperidine rings is 1. The fourth-order valence-corrected chi connectivity index (χ4v) is 4.28. The second-order valence-corrected chi connectivity index (χ2v) is 8.50. The van der Waals surface area contributed by atoms with E-state index in [9.17, 15) is 4.79 Å². The lowest BCUT2D eigenvalue weighted by Gasteiger charge is -2.29. The zero-order valence-corrected chi connectivity index (χ0v) is 16.5. The van der Waals surface area contributed by atoms with E-state index in [4.69, 9.17) is 23.2 Å². The predicted molar refractivity (Wildman–Crippen MR) is 102 cm³/mol. The maximum Gasteiger partial charge on any atom is 0.224 e. The molecular formula is C18H25Cl3N2O. The molecule has 1 saturated carbocycles. The van der Waals surface area contributed by atoms with Gasteiger partial charge in [0.15, 0.2) is 0 Å². The summed E-state index contributed by atoms with van der Waals surface area (Å²) in [5.41, 5.74) is 0.947. The lowest BCUT2D eigenvalue weighted by molar-refractivity contribution is -0.124. The molecule has 1 heterocycles. The highest BCUT2D eigenvalue weighted by atomic mass is 35.5. The summed E-state index contributed by atoms with van der Waals surface area (Å²) in [5.74, 6) is 0.381. The molecule has 1 amide bonds. The molecule has 3 nitrogen and oxygen atoms in total. The zero-order valence-electron chi connectivity index (χ0n) is 14.1. The minimum absolute atomic E-state index is 0. The van der Waals surface area contributed by atoms with Crippen molar-refractivity contribution in [1.29, 1.82) is 0 Å². The monoisotopic (exact) mass is 390 g/mol. The standard InChI is InChI=1S/C18H24Cl2N2O.ClH/c1-17(2,10-12-3-4-13(19)9-15(12)20)22-16(23)14-11-18(14)5-7-21-8-6-18;/h3-4,9,14,21H,5-8,10-11H2,1-2H3,(H,22,23);1H. The molecule has 2 N–H and O–H groups in total. The molecule has 0 radical (unpaired) electrons. The number of carbonyl (C=O) groups is 1. The van der Waals surface area contributed by atoms with Crippen LogP contribution < -0.4 is 10.6 Å². The molecule has 1 spiro atoms. The molecule has 1 aliphatic heterocycles. The Balaban J connectivity index is 0.00000208. The van der Waals surface area contributed by atoms with Crippen molar-refractivity contribution in [2.75, 3.05) is 13.1 Å². The van der Waals surface area contributed by atoms with E-state index in [-0.39, 0.29) is 35.2 Å². The molecule has 1 atom stereocenters. The first kappa shape index (κ1) is 19.8. The van der Waals surface area contributed by atoms with E-state index in [1.54, 1.807) is 6.07 Å². The van der Waals surface area contributed by atoms with Gasteiger partial charge in [-0.1, -0.05) is 29.3 Å². The van der Waals surface area contributed by atoms with E-state index in [0.717, 1.165) is 37.9 Å². The molecule has 0 aromatic heterocycles. The summed E-state index contributed by atoms with van der Waals surface area (Å²) in [6.07, 6.45) is 3.97. The van der Waals surface area contributed by atoms with Gasteiger partial charge in [0.05, 0.1) is 0 Å². The van der Waals surface area contributed by atoms with E-state index in [0.29, 0.717) is 16.5 Å². The van der Waals surface area contributed by atoms with Gasteiger partial charge in [-0.05, 0) is 75.7 Å². The van der Waals surface area contributed by atoms with Crippen LogP contribution in [-0.4, -0.2) is 24.5 Å². The van der Waals surface area contributed by atoms with E-state index in [1.807, 2.05) is 26.0 Å². The largest absolute Gasteiger partial charge is 0.351 e. The molecule has 1 saturated heterocycles. The molecule has 2 fully saturated rings. The Morgan fingerprint density at radius 1 is 1.33 bits per heavy atom. The number of amides is 1. The summed E-state index contributed by atoms with van der Waals surface area (Å²) < 4.78 is 0. The molecule has 1 unspecified atom stereocenters. The Bertz CT molecular complexity index is 612. The van der Waals surface area contributed by atoms with Gasteiger partial charge in [-0.3, -0.25) is 4.79 Å². The Hall–Kier alpha value is -0.480. The van der Waals surface area contributed by atoms with Crippen molar-refractivity contribution >= 4 is 41.5 Å². The van der Waals surface area contributed by atoms with Gasteiger partial charge in [-0.2, -0.15) is 0 Å². The third-order valence-corrected chi connectivity index (χ3v) is 5.80. The molecule has 24 heavy (non-hydrogen) atoms. The average Bonchev–Trinajstić information content (AvgIpc) is 3.16. The molecule has 6 heteroatoms.